The zero-order chi connectivity index (χ0) is 9.23. The van der Waals surface area contributed by atoms with E-state index in [1.54, 1.807) is 0 Å². The molecular weight excluding hydrogens is 168 g/mol. The molecule has 2 heteroatoms. The van der Waals surface area contributed by atoms with Crippen LogP contribution in [-0.4, -0.2) is 11.7 Å². The lowest BCUT2D eigenvalue weighted by Crippen LogP contribution is -2.02. The minimum Gasteiger partial charge on any atom is -0.487 e. The van der Waals surface area contributed by atoms with Crippen molar-refractivity contribution in [1.82, 2.24) is 0 Å². The normalized spacial score (nSPS) is 9.83. The van der Waals surface area contributed by atoms with Gasteiger partial charge in [-0.05, 0) is 25.1 Å². The van der Waals surface area contributed by atoms with Gasteiger partial charge in [-0.15, -0.1) is 0 Å². The molecule has 0 spiro atoms. The van der Waals surface area contributed by atoms with Crippen LogP contribution in [-0.2, 0) is 4.74 Å². The van der Waals surface area contributed by atoms with E-state index < -0.39 is 0 Å². The highest BCUT2D eigenvalue weighted by molar-refractivity contribution is 7.80. The van der Waals surface area contributed by atoms with Gasteiger partial charge in [0.2, 0.25) is 0 Å². The van der Waals surface area contributed by atoms with Gasteiger partial charge >= 0.3 is 0 Å². The first-order valence-electron chi connectivity index (χ1n) is 4.96. The molecule has 0 saturated heterocycles. The molecule has 0 amide bonds. The van der Waals surface area contributed by atoms with Crippen molar-refractivity contribution in [2.24, 2.45) is 0 Å². The molecule has 0 bridgehead atoms. The molecule has 0 aromatic carbocycles. The Hall–Kier alpha value is -0.110. The van der Waals surface area contributed by atoms with E-state index in [1.165, 1.54) is 25.7 Å². The summed E-state index contributed by atoms with van der Waals surface area (Å²) in [5.41, 5.74) is 0. The van der Waals surface area contributed by atoms with E-state index in [0.29, 0.717) is 0 Å². The van der Waals surface area contributed by atoms with Gasteiger partial charge in [0.25, 0.3) is 0 Å². The Balaban J connectivity index is 3.08. The summed E-state index contributed by atoms with van der Waals surface area (Å²) in [6.07, 6.45) is 7.09. The van der Waals surface area contributed by atoms with Gasteiger partial charge in [-0.1, -0.05) is 33.1 Å². The van der Waals surface area contributed by atoms with Crippen LogP contribution in [0.1, 0.15) is 52.4 Å². The molecule has 0 aliphatic carbocycles. The van der Waals surface area contributed by atoms with Crippen LogP contribution in [0, 0.1) is 0 Å². The first-order valence-corrected chi connectivity index (χ1v) is 5.37. The van der Waals surface area contributed by atoms with Crippen molar-refractivity contribution in [3.63, 3.8) is 0 Å². The third-order valence-electron chi connectivity index (χ3n) is 1.70. The fourth-order valence-corrected chi connectivity index (χ4v) is 1.21. The number of rotatable bonds is 7. The van der Waals surface area contributed by atoms with Gasteiger partial charge in [0.15, 0.2) is 5.05 Å². The molecule has 0 aliphatic rings. The largest absolute Gasteiger partial charge is 0.487 e. The second-order valence-corrected chi connectivity index (χ2v) is 3.49. The molecule has 0 aromatic rings. The average molecular weight is 188 g/mol. The monoisotopic (exact) mass is 188 g/mol. The molecule has 12 heavy (non-hydrogen) atoms. The Morgan fingerprint density at radius 2 is 1.83 bits per heavy atom. The van der Waals surface area contributed by atoms with Gasteiger partial charge in [0, 0.05) is 6.42 Å². The summed E-state index contributed by atoms with van der Waals surface area (Å²) >= 11 is 5.05. The molecule has 0 aromatic heterocycles. The van der Waals surface area contributed by atoms with Crippen molar-refractivity contribution in [2.45, 2.75) is 52.4 Å². The highest BCUT2D eigenvalue weighted by Crippen LogP contribution is 2.04. The minimum absolute atomic E-state index is 0.784. The van der Waals surface area contributed by atoms with Gasteiger partial charge in [-0.3, -0.25) is 0 Å². The maximum atomic E-state index is 5.30. The fourth-order valence-electron chi connectivity index (χ4n) is 0.984. The Labute approximate surface area is 81.5 Å². The summed E-state index contributed by atoms with van der Waals surface area (Å²) in [6, 6.07) is 0. The van der Waals surface area contributed by atoms with Gasteiger partial charge in [0.1, 0.15) is 0 Å². The smallest absolute Gasteiger partial charge is 0.159 e. The molecule has 0 rings (SSSR count). The number of hydrogen-bond acceptors (Lipinski definition) is 2. The van der Waals surface area contributed by atoms with Crippen molar-refractivity contribution in [3.8, 4) is 0 Å². The van der Waals surface area contributed by atoms with E-state index in [1.807, 2.05) is 0 Å². The number of unbranched alkanes of at least 4 members (excludes halogenated alkanes) is 3. The van der Waals surface area contributed by atoms with Gasteiger partial charge < -0.3 is 4.74 Å². The van der Waals surface area contributed by atoms with Crippen LogP contribution < -0.4 is 0 Å². The van der Waals surface area contributed by atoms with E-state index in [9.17, 15) is 0 Å². The summed E-state index contributed by atoms with van der Waals surface area (Å²) in [7, 11) is 0. The molecule has 0 heterocycles. The minimum atomic E-state index is 0.784. The maximum Gasteiger partial charge on any atom is 0.159 e. The second kappa shape index (κ2) is 8.98. The van der Waals surface area contributed by atoms with Crippen LogP contribution in [0.2, 0.25) is 0 Å². The van der Waals surface area contributed by atoms with Crippen molar-refractivity contribution < 1.29 is 4.74 Å². The van der Waals surface area contributed by atoms with Crippen LogP contribution >= 0.6 is 12.2 Å². The molecule has 0 atom stereocenters. The van der Waals surface area contributed by atoms with Crippen molar-refractivity contribution in [2.75, 3.05) is 6.61 Å². The highest BCUT2D eigenvalue weighted by atomic mass is 32.1. The zero-order valence-corrected chi connectivity index (χ0v) is 9.08. The lowest BCUT2D eigenvalue weighted by Gasteiger charge is -2.04. The summed E-state index contributed by atoms with van der Waals surface area (Å²) in [6.45, 7) is 5.10. The van der Waals surface area contributed by atoms with Crippen LogP contribution in [0.3, 0.4) is 0 Å². The van der Waals surface area contributed by atoms with Crippen LogP contribution in [0.5, 0.6) is 0 Å². The lowest BCUT2D eigenvalue weighted by atomic mass is 10.2. The first-order chi connectivity index (χ1) is 5.81. The van der Waals surface area contributed by atoms with Crippen molar-refractivity contribution in [1.29, 1.82) is 0 Å². The Kier molecular flexibility index (Phi) is 8.90. The highest BCUT2D eigenvalue weighted by Gasteiger charge is 1.96. The summed E-state index contributed by atoms with van der Waals surface area (Å²) in [4.78, 5) is 0. The number of hydrogen-bond donors (Lipinski definition) is 0. The van der Waals surface area contributed by atoms with Crippen molar-refractivity contribution in [3.05, 3.63) is 0 Å². The molecular formula is C10H20OS. The Morgan fingerprint density at radius 1 is 1.08 bits per heavy atom. The number of thiocarbonyl (C=S) groups is 1. The molecule has 0 saturated carbocycles. The molecule has 72 valence electrons. The Bertz CT molecular complexity index is 112. The zero-order valence-electron chi connectivity index (χ0n) is 8.27. The Morgan fingerprint density at radius 3 is 2.42 bits per heavy atom. The van der Waals surface area contributed by atoms with E-state index >= 15 is 0 Å². The third-order valence-corrected chi connectivity index (χ3v) is 2.02. The van der Waals surface area contributed by atoms with Crippen LogP contribution in [0.25, 0.3) is 0 Å². The molecule has 0 radical (unpaired) electrons. The van der Waals surface area contributed by atoms with E-state index in [4.69, 9.17) is 17.0 Å². The van der Waals surface area contributed by atoms with E-state index in [0.717, 1.165) is 24.5 Å². The SMILES string of the molecule is CCCCCCC(=S)OCCC. The number of ether oxygens (including phenoxy) is 1. The molecule has 1 nitrogen and oxygen atoms in total. The third kappa shape index (κ3) is 7.99. The van der Waals surface area contributed by atoms with Gasteiger partial charge in [-0.2, -0.15) is 0 Å². The molecule has 0 fully saturated rings. The van der Waals surface area contributed by atoms with E-state index in [-0.39, 0.29) is 0 Å². The van der Waals surface area contributed by atoms with Crippen LogP contribution in [0.15, 0.2) is 0 Å². The fraction of sp³-hybridized carbons (Fsp3) is 0.900. The standard InChI is InChI=1S/C10H20OS/c1-3-5-6-7-8-10(12)11-9-4-2/h3-9H2,1-2H3. The summed E-state index contributed by atoms with van der Waals surface area (Å²) < 4.78 is 5.30. The molecule has 0 aliphatic heterocycles. The second-order valence-electron chi connectivity index (χ2n) is 3.03. The predicted molar refractivity (Wildman–Crippen MR) is 57.6 cm³/mol. The quantitative estimate of drug-likeness (QED) is 0.445. The predicted octanol–water partition coefficient (Wildman–Crippen LogP) is 3.71. The topological polar surface area (TPSA) is 9.23 Å². The average Bonchev–Trinajstić information content (AvgIpc) is 2.09. The summed E-state index contributed by atoms with van der Waals surface area (Å²) in [5, 5.41) is 0.799. The first kappa shape index (κ1) is 11.9. The molecule has 0 N–H and O–H groups in total. The maximum absolute atomic E-state index is 5.30. The lowest BCUT2D eigenvalue weighted by molar-refractivity contribution is 0.303. The summed E-state index contributed by atoms with van der Waals surface area (Å²) in [5.74, 6) is 0. The van der Waals surface area contributed by atoms with Crippen molar-refractivity contribution >= 4 is 17.3 Å². The van der Waals surface area contributed by atoms with E-state index in [2.05, 4.69) is 13.8 Å². The molecule has 0 unspecified atom stereocenters. The van der Waals surface area contributed by atoms with Gasteiger partial charge in [-0.25, -0.2) is 0 Å². The van der Waals surface area contributed by atoms with Crippen LogP contribution in [0.4, 0.5) is 0 Å². The van der Waals surface area contributed by atoms with Gasteiger partial charge in [0.05, 0.1) is 6.61 Å².